The van der Waals surface area contributed by atoms with Crippen LogP contribution in [-0.4, -0.2) is 60.5 Å². The molecule has 1 saturated carbocycles. The highest BCUT2D eigenvalue weighted by atomic mass is 15.4. The second-order valence-electron chi connectivity index (χ2n) is 8.98. The van der Waals surface area contributed by atoms with E-state index in [4.69, 9.17) is 4.98 Å². The molecule has 146 valence electrons. The molecule has 3 aromatic heterocycles. The van der Waals surface area contributed by atoms with Gasteiger partial charge < -0.3 is 4.90 Å². The highest BCUT2D eigenvalue weighted by molar-refractivity contribution is 5.73. The number of hydrogen-bond acceptors (Lipinski definition) is 5. The van der Waals surface area contributed by atoms with E-state index in [2.05, 4.69) is 33.0 Å². The van der Waals surface area contributed by atoms with Crippen LogP contribution in [0.2, 0.25) is 0 Å². The number of aromatic nitrogens is 5. The average molecular weight is 377 g/mol. The number of anilines is 1. The van der Waals surface area contributed by atoms with Crippen LogP contribution in [0, 0.1) is 5.92 Å². The molecule has 7 heteroatoms. The Morgan fingerprint density at radius 1 is 1.00 bits per heavy atom. The lowest BCUT2D eigenvalue weighted by Crippen LogP contribution is -2.59. The summed E-state index contributed by atoms with van der Waals surface area (Å²) < 4.78 is 3.73. The van der Waals surface area contributed by atoms with Gasteiger partial charge >= 0.3 is 0 Å². The van der Waals surface area contributed by atoms with E-state index in [-0.39, 0.29) is 0 Å². The van der Waals surface area contributed by atoms with E-state index >= 15 is 0 Å². The van der Waals surface area contributed by atoms with Crippen LogP contribution in [0.4, 0.5) is 5.69 Å². The molecule has 0 spiro atoms. The lowest BCUT2D eigenvalue weighted by atomic mass is 9.80. The van der Waals surface area contributed by atoms with Crippen LogP contribution in [0.25, 0.3) is 16.9 Å². The van der Waals surface area contributed by atoms with Gasteiger partial charge in [-0.3, -0.25) is 9.58 Å². The zero-order valence-electron chi connectivity index (χ0n) is 16.6. The molecule has 0 aromatic carbocycles. The summed E-state index contributed by atoms with van der Waals surface area (Å²) in [6, 6.07) is 4.35. The molecule has 28 heavy (non-hydrogen) atoms. The molecule has 0 amide bonds. The monoisotopic (exact) mass is 377 g/mol. The maximum atomic E-state index is 4.93. The van der Waals surface area contributed by atoms with Gasteiger partial charge in [0.1, 0.15) is 0 Å². The first kappa shape index (κ1) is 16.5. The van der Waals surface area contributed by atoms with Crippen LogP contribution < -0.4 is 4.90 Å². The minimum Gasteiger partial charge on any atom is -0.365 e. The minimum absolute atomic E-state index is 0.692. The van der Waals surface area contributed by atoms with Crippen molar-refractivity contribution in [2.45, 2.75) is 50.7 Å². The predicted molar refractivity (Wildman–Crippen MR) is 108 cm³/mol. The van der Waals surface area contributed by atoms with Gasteiger partial charge in [-0.1, -0.05) is 6.92 Å². The average Bonchev–Trinajstić information content (AvgIpc) is 3.34. The largest absolute Gasteiger partial charge is 0.365 e. The smallest absolute Gasteiger partial charge is 0.177 e. The number of hydrogen-bond donors (Lipinski definition) is 0. The molecule has 1 aliphatic carbocycles. The van der Waals surface area contributed by atoms with Crippen LogP contribution in [0.15, 0.2) is 30.9 Å². The third-order valence-electron chi connectivity index (χ3n) is 6.99. The van der Waals surface area contributed by atoms with Crippen molar-refractivity contribution in [1.29, 1.82) is 0 Å². The Kier molecular flexibility index (Phi) is 3.57. The summed E-state index contributed by atoms with van der Waals surface area (Å²) in [5, 5.41) is 8.79. The molecule has 3 fully saturated rings. The second-order valence-corrected chi connectivity index (χ2v) is 8.98. The third-order valence-corrected chi connectivity index (χ3v) is 6.99. The Balaban J connectivity index is 1.31. The fraction of sp³-hybridized carbons (Fsp3) is 0.571. The first-order chi connectivity index (χ1) is 13.7. The SMILES string of the molecule is Cn1cc(-c2cn3nccc(N4CC5CCC(C4)N5[C@H]4C[C@H](C)C4)c3n2)cn1. The van der Waals surface area contributed by atoms with E-state index in [9.17, 15) is 0 Å². The van der Waals surface area contributed by atoms with Crippen molar-refractivity contribution >= 4 is 11.3 Å². The molecule has 0 N–H and O–H groups in total. The number of fused-ring (bicyclic) bond motifs is 3. The standard InChI is InChI=1S/C21H27N7/c1-14-7-18(8-14)28-16-3-4-17(28)12-26(11-16)20-5-6-22-27-13-19(24-21(20)27)15-9-23-25(2)10-15/h5-6,9-10,13-14,16-18H,3-4,7-8,11-12H2,1-2H3/t14-,16?,17?,18-. The van der Waals surface area contributed by atoms with Gasteiger partial charge in [0.05, 0.1) is 30.0 Å². The summed E-state index contributed by atoms with van der Waals surface area (Å²) in [5.41, 5.74) is 4.12. The fourth-order valence-electron chi connectivity index (χ4n) is 5.66. The first-order valence-corrected chi connectivity index (χ1v) is 10.5. The van der Waals surface area contributed by atoms with Gasteiger partial charge in [-0.2, -0.15) is 10.2 Å². The summed E-state index contributed by atoms with van der Waals surface area (Å²) >= 11 is 0. The van der Waals surface area contributed by atoms with Crippen molar-refractivity contribution in [2.24, 2.45) is 13.0 Å². The number of imidazole rings is 1. The summed E-state index contributed by atoms with van der Waals surface area (Å²) in [6.07, 6.45) is 13.2. The van der Waals surface area contributed by atoms with E-state index in [1.807, 2.05) is 41.0 Å². The van der Waals surface area contributed by atoms with Crippen LogP contribution in [0.3, 0.4) is 0 Å². The molecule has 6 rings (SSSR count). The summed E-state index contributed by atoms with van der Waals surface area (Å²) in [4.78, 5) is 10.3. The van der Waals surface area contributed by atoms with Crippen molar-refractivity contribution in [2.75, 3.05) is 18.0 Å². The van der Waals surface area contributed by atoms with Crippen LogP contribution in [0.1, 0.15) is 32.6 Å². The molecular weight excluding hydrogens is 350 g/mol. The van der Waals surface area contributed by atoms with Crippen LogP contribution >= 0.6 is 0 Å². The van der Waals surface area contributed by atoms with Gasteiger partial charge in [0.2, 0.25) is 0 Å². The summed E-state index contributed by atoms with van der Waals surface area (Å²) in [5.74, 6) is 0.915. The highest BCUT2D eigenvalue weighted by Crippen LogP contribution is 2.41. The molecule has 7 nitrogen and oxygen atoms in total. The molecule has 2 aliphatic heterocycles. The Morgan fingerprint density at radius 2 is 1.79 bits per heavy atom. The second kappa shape index (κ2) is 6.04. The molecule has 0 radical (unpaired) electrons. The normalized spacial score (nSPS) is 30.1. The number of aryl methyl sites for hydroxylation is 1. The number of piperazine rings is 1. The quantitative estimate of drug-likeness (QED) is 0.702. The molecule has 3 aromatic rings. The van der Waals surface area contributed by atoms with Gasteiger partial charge in [0, 0.05) is 50.0 Å². The Labute approximate surface area is 165 Å². The topological polar surface area (TPSA) is 54.5 Å². The predicted octanol–water partition coefficient (Wildman–Crippen LogP) is 2.58. The van der Waals surface area contributed by atoms with Gasteiger partial charge in [-0.15, -0.1) is 0 Å². The molecule has 3 aliphatic rings. The maximum Gasteiger partial charge on any atom is 0.177 e. The fourth-order valence-corrected chi connectivity index (χ4v) is 5.66. The molecule has 2 bridgehead atoms. The Morgan fingerprint density at radius 3 is 2.46 bits per heavy atom. The summed E-state index contributed by atoms with van der Waals surface area (Å²) in [7, 11) is 1.93. The zero-order chi connectivity index (χ0) is 18.8. The maximum absolute atomic E-state index is 4.93. The molecule has 5 heterocycles. The van der Waals surface area contributed by atoms with Gasteiger partial charge in [-0.25, -0.2) is 9.50 Å². The van der Waals surface area contributed by atoms with Crippen LogP contribution in [-0.2, 0) is 7.05 Å². The van der Waals surface area contributed by atoms with Gasteiger partial charge in [-0.05, 0) is 37.7 Å². The molecular formula is C21H27N7. The molecule has 2 atom stereocenters. The van der Waals surface area contributed by atoms with Crippen molar-refractivity contribution < 1.29 is 0 Å². The van der Waals surface area contributed by atoms with Crippen molar-refractivity contribution in [3.05, 3.63) is 30.9 Å². The van der Waals surface area contributed by atoms with Crippen molar-refractivity contribution in [3.8, 4) is 11.3 Å². The van der Waals surface area contributed by atoms with Crippen LogP contribution in [0.5, 0.6) is 0 Å². The number of nitrogens with zero attached hydrogens (tertiary/aromatic N) is 7. The van der Waals surface area contributed by atoms with Gasteiger partial charge in [0.25, 0.3) is 0 Å². The minimum atomic E-state index is 0.692. The Bertz CT molecular complexity index is 1000. The zero-order valence-corrected chi connectivity index (χ0v) is 16.6. The first-order valence-electron chi connectivity index (χ1n) is 10.5. The lowest BCUT2D eigenvalue weighted by Gasteiger charge is -2.50. The highest BCUT2D eigenvalue weighted by Gasteiger charge is 2.46. The van der Waals surface area contributed by atoms with E-state index in [1.165, 1.54) is 31.4 Å². The van der Waals surface area contributed by atoms with Crippen molar-refractivity contribution in [1.82, 2.24) is 29.3 Å². The Hall–Kier alpha value is -2.41. The number of rotatable bonds is 3. The van der Waals surface area contributed by atoms with Crippen molar-refractivity contribution in [3.63, 3.8) is 0 Å². The lowest BCUT2D eigenvalue weighted by molar-refractivity contribution is 0.0341. The van der Waals surface area contributed by atoms with E-state index in [0.717, 1.165) is 42.0 Å². The van der Waals surface area contributed by atoms with E-state index in [0.29, 0.717) is 12.1 Å². The molecule has 2 saturated heterocycles. The van der Waals surface area contributed by atoms with E-state index in [1.54, 1.807) is 0 Å². The summed E-state index contributed by atoms with van der Waals surface area (Å²) in [6.45, 7) is 4.60. The van der Waals surface area contributed by atoms with Gasteiger partial charge in [0.15, 0.2) is 5.65 Å². The molecule has 2 unspecified atom stereocenters. The third kappa shape index (κ3) is 2.49. The van der Waals surface area contributed by atoms with E-state index < -0.39 is 0 Å².